The van der Waals surface area contributed by atoms with Crippen LogP contribution in [-0.2, 0) is 16.6 Å². The number of aromatic nitrogens is 1. The molecule has 1 atom stereocenters. The van der Waals surface area contributed by atoms with Crippen molar-refractivity contribution >= 4 is 15.8 Å². The van der Waals surface area contributed by atoms with Crippen LogP contribution in [-0.4, -0.2) is 29.6 Å². The molecule has 2 aromatic rings. The van der Waals surface area contributed by atoms with E-state index in [4.69, 9.17) is 0 Å². The van der Waals surface area contributed by atoms with Crippen LogP contribution in [0.3, 0.4) is 0 Å². The Morgan fingerprint density at radius 3 is 2.45 bits per heavy atom. The van der Waals surface area contributed by atoms with Gasteiger partial charge in [0.25, 0.3) is 0 Å². The number of nitrogens with zero attached hydrogens (tertiary/aromatic N) is 2. The lowest BCUT2D eigenvalue weighted by Gasteiger charge is -2.33. The number of fused-ring (bicyclic) bond motifs is 1. The van der Waals surface area contributed by atoms with E-state index in [0.717, 1.165) is 5.69 Å². The van der Waals surface area contributed by atoms with Crippen molar-refractivity contribution in [2.45, 2.75) is 31.3 Å². The van der Waals surface area contributed by atoms with Crippen LogP contribution >= 0.6 is 0 Å². The molecule has 116 valence electrons. The van der Waals surface area contributed by atoms with Crippen molar-refractivity contribution in [2.75, 3.05) is 6.54 Å². The molecule has 0 unspecified atom stereocenters. The fraction of sp³-hybridized carbons (Fsp3) is 0.312. The predicted molar refractivity (Wildman–Crippen MR) is 83.2 cm³/mol. The van der Waals surface area contributed by atoms with E-state index in [1.54, 1.807) is 12.1 Å². The summed E-state index contributed by atoms with van der Waals surface area (Å²) in [5.74, 6) is -0.0758. The summed E-state index contributed by atoms with van der Waals surface area (Å²) >= 11 is 0. The normalized spacial score (nSPS) is 18.9. The zero-order valence-corrected chi connectivity index (χ0v) is 13.4. The highest BCUT2D eigenvalue weighted by Crippen LogP contribution is 2.31. The summed E-state index contributed by atoms with van der Waals surface area (Å²) in [5.41, 5.74) is 1.51. The van der Waals surface area contributed by atoms with E-state index in [-0.39, 0.29) is 16.7 Å². The Hall–Kier alpha value is -1.92. The van der Waals surface area contributed by atoms with Crippen LogP contribution in [0, 0.1) is 0 Å². The lowest BCUT2D eigenvalue weighted by Crippen LogP contribution is -2.40. The number of hydrogen-bond donors (Lipinski definition) is 0. The highest BCUT2D eigenvalue weighted by Gasteiger charge is 2.33. The Bertz CT molecular complexity index is 806. The van der Waals surface area contributed by atoms with Crippen molar-refractivity contribution < 1.29 is 13.2 Å². The van der Waals surface area contributed by atoms with E-state index in [1.165, 1.54) is 23.4 Å². The Morgan fingerprint density at radius 1 is 1.14 bits per heavy atom. The molecule has 0 radical (unpaired) electrons. The number of ketones is 1. The smallest absolute Gasteiger partial charge is 0.243 e. The van der Waals surface area contributed by atoms with Crippen molar-refractivity contribution in [1.82, 2.24) is 8.87 Å². The number of benzene rings is 1. The van der Waals surface area contributed by atoms with Gasteiger partial charge in [0.2, 0.25) is 10.0 Å². The zero-order chi connectivity index (χ0) is 15.9. The number of sulfonamides is 1. The van der Waals surface area contributed by atoms with Crippen molar-refractivity contribution in [3.63, 3.8) is 0 Å². The maximum absolute atomic E-state index is 12.8. The molecule has 0 bridgehead atoms. The number of carbonyl (C=O) groups excluding carboxylic acids is 1. The summed E-state index contributed by atoms with van der Waals surface area (Å²) in [7, 11) is -3.57. The van der Waals surface area contributed by atoms with E-state index in [0.29, 0.717) is 18.7 Å². The molecule has 1 aromatic carbocycles. The van der Waals surface area contributed by atoms with Gasteiger partial charge >= 0.3 is 0 Å². The molecule has 0 aliphatic carbocycles. The van der Waals surface area contributed by atoms with E-state index >= 15 is 0 Å². The zero-order valence-electron chi connectivity index (χ0n) is 12.6. The third kappa shape index (κ3) is 2.38. The SMILES string of the molecule is CC(=O)c1ccc(S(=O)(=O)N2CCn3cccc3[C@@H]2C)cc1. The molecule has 0 fully saturated rings. The minimum absolute atomic E-state index is 0.0758. The van der Waals surface area contributed by atoms with Gasteiger partial charge in [0, 0.05) is 30.5 Å². The van der Waals surface area contributed by atoms with Gasteiger partial charge in [-0.3, -0.25) is 4.79 Å². The van der Waals surface area contributed by atoms with Gasteiger partial charge in [0.15, 0.2) is 5.78 Å². The summed E-state index contributed by atoms with van der Waals surface area (Å²) in [4.78, 5) is 11.5. The van der Waals surface area contributed by atoms with Crippen molar-refractivity contribution in [3.8, 4) is 0 Å². The second-order valence-electron chi connectivity index (χ2n) is 5.50. The molecule has 3 rings (SSSR count). The molecule has 0 spiro atoms. The van der Waals surface area contributed by atoms with Gasteiger partial charge in [-0.1, -0.05) is 12.1 Å². The second kappa shape index (κ2) is 5.37. The number of carbonyl (C=O) groups is 1. The quantitative estimate of drug-likeness (QED) is 0.817. The number of rotatable bonds is 3. The molecule has 2 heterocycles. The van der Waals surface area contributed by atoms with Crippen molar-refractivity contribution in [3.05, 3.63) is 53.9 Å². The topological polar surface area (TPSA) is 59.4 Å². The van der Waals surface area contributed by atoms with Crippen molar-refractivity contribution in [1.29, 1.82) is 0 Å². The Labute approximate surface area is 130 Å². The molecule has 0 amide bonds. The van der Waals surface area contributed by atoms with Crippen LogP contribution in [0.15, 0.2) is 47.5 Å². The highest BCUT2D eigenvalue weighted by atomic mass is 32.2. The molecule has 22 heavy (non-hydrogen) atoms. The lowest BCUT2D eigenvalue weighted by molar-refractivity contribution is 0.101. The number of Topliss-reactive ketones (excluding diaryl/α,β-unsaturated/α-hetero) is 1. The average molecular weight is 318 g/mol. The first-order valence-electron chi connectivity index (χ1n) is 7.19. The van der Waals surface area contributed by atoms with E-state index in [1.807, 2.05) is 25.3 Å². The third-order valence-corrected chi connectivity index (χ3v) is 6.14. The van der Waals surface area contributed by atoms with E-state index in [2.05, 4.69) is 4.57 Å². The van der Waals surface area contributed by atoms with Gasteiger partial charge in [-0.2, -0.15) is 4.31 Å². The Morgan fingerprint density at radius 2 is 1.82 bits per heavy atom. The first-order valence-corrected chi connectivity index (χ1v) is 8.63. The summed E-state index contributed by atoms with van der Waals surface area (Å²) in [6.07, 6.45) is 1.97. The highest BCUT2D eigenvalue weighted by molar-refractivity contribution is 7.89. The average Bonchev–Trinajstić information content (AvgIpc) is 2.97. The van der Waals surface area contributed by atoms with Crippen LogP contribution in [0.4, 0.5) is 0 Å². The van der Waals surface area contributed by atoms with Crippen molar-refractivity contribution in [2.24, 2.45) is 0 Å². The molecule has 5 nitrogen and oxygen atoms in total. The maximum Gasteiger partial charge on any atom is 0.243 e. The molecule has 0 saturated carbocycles. The Kier molecular flexibility index (Phi) is 3.66. The molecule has 0 N–H and O–H groups in total. The van der Waals surface area contributed by atoms with E-state index < -0.39 is 10.0 Å². The first kappa shape index (κ1) is 15.0. The summed E-state index contributed by atoms with van der Waals surface area (Å²) in [6, 6.07) is 9.81. The van der Waals surface area contributed by atoms with Gasteiger partial charge in [-0.25, -0.2) is 8.42 Å². The third-order valence-electron chi connectivity index (χ3n) is 4.15. The molecule has 6 heteroatoms. The second-order valence-corrected chi connectivity index (χ2v) is 7.39. The van der Waals surface area contributed by atoms with Gasteiger partial charge in [-0.15, -0.1) is 0 Å². The molecule has 0 saturated heterocycles. The molecule has 1 aromatic heterocycles. The van der Waals surface area contributed by atoms with Gasteiger partial charge in [0.1, 0.15) is 0 Å². The first-order chi connectivity index (χ1) is 10.4. The summed E-state index contributed by atoms with van der Waals surface area (Å²) in [6.45, 7) is 4.45. The van der Waals surface area contributed by atoms with Crippen LogP contribution in [0.25, 0.3) is 0 Å². The van der Waals surface area contributed by atoms with Gasteiger partial charge in [0.05, 0.1) is 10.9 Å². The van der Waals surface area contributed by atoms with Crippen LogP contribution < -0.4 is 0 Å². The fourth-order valence-corrected chi connectivity index (χ4v) is 4.48. The monoisotopic (exact) mass is 318 g/mol. The maximum atomic E-state index is 12.8. The molecule has 1 aliphatic rings. The fourth-order valence-electron chi connectivity index (χ4n) is 2.88. The van der Waals surface area contributed by atoms with Crippen LogP contribution in [0.2, 0.25) is 0 Å². The van der Waals surface area contributed by atoms with Crippen LogP contribution in [0.1, 0.15) is 35.9 Å². The predicted octanol–water partition coefficient (Wildman–Crippen LogP) is 2.46. The summed E-state index contributed by atoms with van der Waals surface area (Å²) < 4.78 is 29.3. The van der Waals surface area contributed by atoms with E-state index in [9.17, 15) is 13.2 Å². The molecular weight excluding hydrogens is 300 g/mol. The Balaban J connectivity index is 1.95. The molecular formula is C16H18N2O3S. The number of hydrogen-bond acceptors (Lipinski definition) is 3. The van der Waals surface area contributed by atoms with Crippen LogP contribution in [0.5, 0.6) is 0 Å². The van der Waals surface area contributed by atoms with Gasteiger partial charge in [-0.05, 0) is 38.1 Å². The summed E-state index contributed by atoms with van der Waals surface area (Å²) in [5, 5.41) is 0. The lowest BCUT2D eigenvalue weighted by atomic mass is 10.2. The standard InChI is InChI=1S/C16H18N2O3S/c1-12-16-4-3-9-17(16)10-11-18(12)22(20,21)15-7-5-14(6-8-15)13(2)19/h3-9,12H,10-11H2,1-2H3/t12-/m0/s1. The minimum atomic E-state index is -3.57. The largest absolute Gasteiger partial charge is 0.349 e. The molecule has 1 aliphatic heterocycles. The minimum Gasteiger partial charge on any atom is -0.349 e. The van der Waals surface area contributed by atoms with Gasteiger partial charge < -0.3 is 4.57 Å².